The van der Waals surface area contributed by atoms with E-state index in [0.717, 1.165) is 16.7 Å². The van der Waals surface area contributed by atoms with Crippen molar-refractivity contribution in [3.63, 3.8) is 0 Å². The van der Waals surface area contributed by atoms with E-state index in [0.29, 0.717) is 53.2 Å². The van der Waals surface area contributed by atoms with Gasteiger partial charge < -0.3 is 19.3 Å². The summed E-state index contributed by atoms with van der Waals surface area (Å²) >= 11 is 16.3. The van der Waals surface area contributed by atoms with Crippen molar-refractivity contribution in [2.45, 2.75) is 49.5 Å². The summed E-state index contributed by atoms with van der Waals surface area (Å²) in [4.78, 5) is 30.5. The SMILES string of the molecule is CCOc1ccccc1C1(C2(c3ccccc3OCC)SCCC(=O)N2Cc2ccccc2Cl)SCCC(=O)N1Cc1ccc(F)c(Cl)c1. The third-order valence-corrected chi connectivity index (χ3v) is 12.7. The Bertz CT molecular complexity index is 1850. The highest BCUT2D eigenvalue weighted by Crippen LogP contribution is 2.67. The molecule has 4 aromatic rings. The Labute approximate surface area is 305 Å². The molecule has 0 saturated carbocycles. The molecule has 6 rings (SSSR count). The van der Waals surface area contributed by atoms with Crippen LogP contribution in [0.4, 0.5) is 4.39 Å². The van der Waals surface area contributed by atoms with Crippen molar-refractivity contribution in [2.24, 2.45) is 0 Å². The van der Waals surface area contributed by atoms with Crippen LogP contribution < -0.4 is 9.47 Å². The second kappa shape index (κ2) is 15.3. The maximum absolute atomic E-state index is 14.6. The van der Waals surface area contributed by atoms with Gasteiger partial charge in [0.05, 0.1) is 18.2 Å². The van der Waals surface area contributed by atoms with Crippen LogP contribution in [0, 0.1) is 5.82 Å². The van der Waals surface area contributed by atoms with Crippen LogP contribution in [0.1, 0.15) is 48.9 Å². The molecule has 0 aromatic heterocycles. The smallest absolute Gasteiger partial charge is 0.225 e. The van der Waals surface area contributed by atoms with Crippen molar-refractivity contribution in [3.8, 4) is 11.5 Å². The lowest BCUT2D eigenvalue weighted by molar-refractivity contribution is -0.148. The number of para-hydroxylation sites is 2. The Morgan fingerprint density at radius 2 is 1.20 bits per heavy atom. The molecule has 0 spiro atoms. The first kappa shape index (κ1) is 35.5. The lowest BCUT2D eigenvalue weighted by Gasteiger charge is -2.62. The predicted molar refractivity (Wildman–Crippen MR) is 197 cm³/mol. The molecule has 4 aromatic carbocycles. The summed E-state index contributed by atoms with van der Waals surface area (Å²) < 4.78 is 27.1. The van der Waals surface area contributed by atoms with Crippen molar-refractivity contribution in [2.75, 3.05) is 24.7 Å². The van der Waals surface area contributed by atoms with E-state index in [1.54, 1.807) is 35.7 Å². The average Bonchev–Trinajstić information content (AvgIpc) is 3.10. The van der Waals surface area contributed by atoms with Crippen LogP contribution in [-0.4, -0.2) is 46.3 Å². The first-order valence-corrected chi connectivity index (χ1v) is 19.0. The molecule has 2 amide bonds. The van der Waals surface area contributed by atoms with E-state index in [9.17, 15) is 14.0 Å². The standard InChI is InChI=1S/C38H37Cl2FN2O4S2/c1-3-46-33-15-9-6-12-28(33)37(42(35(44)19-21-48-37)24-26-17-18-32(41)31(40)23-26)38(29-13-7-10-16-34(29)47-4-2)43(36(45)20-22-49-38)25-27-11-5-8-14-30(27)39/h5-18,23H,3-4,19-22,24-25H2,1-2H3. The van der Waals surface area contributed by atoms with E-state index >= 15 is 0 Å². The zero-order chi connectivity index (χ0) is 34.6. The van der Waals surface area contributed by atoms with E-state index in [4.69, 9.17) is 32.7 Å². The highest BCUT2D eigenvalue weighted by atomic mass is 35.5. The van der Waals surface area contributed by atoms with Crippen LogP contribution >= 0.6 is 46.7 Å². The molecule has 2 aliphatic heterocycles. The number of rotatable bonds is 11. The fourth-order valence-corrected chi connectivity index (χ4v) is 10.8. The quantitative estimate of drug-likeness (QED) is 0.153. The number of hydrogen-bond acceptors (Lipinski definition) is 6. The van der Waals surface area contributed by atoms with Gasteiger partial charge in [0.15, 0.2) is 9.74 Å². The van der Waals surface area contributed by atoms with Gasteiger partial charge >= 0.3 is 0 Å². The minimum absolute atomic E-state index is 0.0334. The minimum Gasteiger partial charge on any atom is -0.493 e. The Balaban J connectivity index is 1.74. The summed E-state index contributed by atoms with van der Waals surface area (Å²) in [6.45, 7) is 4.90. The Hall–Kier alpha value is -3.37. The van der Waals surface area contributed by atoms with Crippen LogP contribution in [0.5, 0.6) is 11.5 Å². The third-order valence-electron chi connectivity index (χ3n) is 8.79. The number of hydrogen-bond donors (Lipinski definition) is 0. The van der Waals surface area contributed by atoms with Gasteiger partial charge in [-0.3, -0.25) is 9.59 Å². The van der Waals surface area contributed by atoms with Crippen molar-refractivity contribution in [3.05, 3.63) is 129 Å². The molecule has 0 aliphatic carbocycles. The van der Waals surface area contributed by atoms with Gasteiger partial charge in [0.1, 0.15) is 17.3 Å². The number of amides is 2. The maximum Gasteiger partial charge on any atom is 0.225 e. The van der Waals surface area contributed by atoms with Gasteiger partial charge in [0.2, 0.25) is 11.8 Å². The summed E-state index contributed by atoms with van der Waals surface area (Å²) in [6.07, 6.45) is 0.563. The normalized spacial score (nSPS) is 21.2. The molecule has 11 heteroatoms. The Morgan fingerprint density at radius 1 is 0.694 bits per heavy atom. The van der Waals surface area contributed by atoms with Crippen LogP contribution in [-0.2, 0) is 32.4 Å². The van der Waals surface area contributed by atoms with Crippen LogP contribution in [0.25, 0.3) is 0 Å². The van der Waals surface area contributed by atoms with Gasteiger partial charge in [-0.05, 0) is 55.3 Å². The number of carbonyl (C=O) groups is 2. The monoisotopic (exact) mass is 738 g/mol. The topological polar surface area (TPSA) is 59.1 Å². The number of halogens is 3. The van der Waals surface area contributed by atoms with E-state index in [1.807, 2.05) is 96.4 Å². The van der Waals surface area contributed by atoms with Gasteiger partial charge in [-0.25, -0.2) is 4.39 Å². The zero-order valence-corrected chi connectivity index (χ0v) is 30.4. The molecule has 6 nitrogen and oxygen atoms in total. The number of benzene rings is 4. The molecular weight excluding hydrogens is 702 g/mol. The van der Waals surface area contributed by atoms with Gasteiger partial charge in [-0.15, -0.1) is 23.5 Å². The average molecular weight is 740 g/mol. The van der Waals surface area contributed by atoms with Crippen molar-refractivity contribution >= 4 is 58.5 Å². The molecule has 2 unspecified atom stereocenters. The molecule has 2 saturated heterocycles. The Kier molecular flexibility index (Phi) is 11.0. The first-order valence-electron chi connectivity index (χ1n) is 16.3. The van der Waals surface area contributed by atoms with E-state index in [2.05, 4.69) is 0 Å². The van der Waals surface area contributed by atoms with Gasteiger partial charge in [-0.2, -0.15) is 0 Å². The van der Waals surface area contributed by atoms with Crippen LogP contribution in [0.3, 0.4) is 0 Å². The highest BCUT2D eigenvalue weighted by Gasteiger charge is 2.67. The summed E-state index contributed by atoms with van der Waals surface area (Å²) in [5.74, 6) is 1.43. The van der Waals surface area contributed by atoms with Crippen molar-refractivity contribution in [1.29, 1.82) is 0 Å². The zero-order valence-electron chi connectivity index (χ0n) is 27.3. The summed E-state index contributed by atoms with van der Waals surface area (Å²) in [5.41, 5.74) is 2.91. The highest BCUT2D eigenvalue weighted by molar-refractivity contribution is 8.04. The van der Waals surface area contributed by atoms with E-state index < -0.39 is 15.6 Å². The predicted octanol–water partition coefficient (Wildman–Crippen LogP) is 9.27. The van der Waals surface area contributed by atoms with Gasteiger partial charge in [0, 0.05) is 53.6 Å². The van der Waals surface area contributed by atoms with Crippen LogP contribution in [0.15, 0.2) is 91.0 Å². The summed E-state index contributed by atoms with van der Waals surface area (Å²) in [6, 6.07) is 27.5. The van der Waals surface area contributed by atoms with E-state index in [-0.39, 0.29) is 36.3 Å². The fourth-order valence-electron chi connectivity index (χ4n) is 6.79. The second-order valence-corrected chi connectivity index (χ2v) is 15.0. The molecule has 2 atom stereocenters. The number of nitrogens with zero attached hydrogens (tertiary/aromatic N) is 2. The maximum atomic E-state index is 14.6. The van der Waals surface area contributed by atoms with Crippen molar-refractivity contribution in [1.82, 2.24) is 9.80 Å². The molecule has 256 valence electrons. The minimum atomic E-state index is -1.29. The van der Waals surface area contributed by atoms with Crippen molar-refractivity contribution < 1.29 is 23.5 Å². The lowest BCUT2D eigenvalue weighted by atomic mass is 9.85. The molecule has 0 N–H and O–H groups in total. The number of thioether (sulfide) groups is 2. The first-order chi connectivity index (χ1) is 23.8. The molecule has 2 heterocycles. The number of ether oxygens (including phenoxy) is 2. The lowest BCUT2D eigenvalue weighted by Crippen LogP contribution is -2.68. The Morgan fingerprint density at radius 3 is 1.73 bits per heavy atom. The molecule has 2 fully saturated rings. The molecule has 0 bridgehead atoms. The van der Waals surface area contributed by atoms with Gasteiger partial charge in [0.25, 0.3) is 0 Å². The molecular formula is C38H37Cl2FN2O4S2. The second-order valence-electron chi connectivity index (χ2n) is 11.6. The third kappa shape index (κ3) is 6.51. The van der Waals surface area contributed by atoms with E-state index in [1.165, 1.54) is 6.07 Å². The molecule has 2 aliphatic rings. The summed E-state index contributed by atoms with van der Waals surface area (Å²) in [7, 11) is 0. The molecule has 0 radical (unpaired) electrons. The van der Waals surface area contributed by atoms with Crippen LogP contribution in [0.2, 0.25) is 10.0 Å². The largest absolute Gasteiger partial charge is 0.493 e. The van der Waals surface area contributed by atoms with Gasteiger partial charge in [-0.1, -0.05) is 83.9 Å². The fraction of sp³-hybridized carbons (Fsp3) is 0.316. The summed E-state index contributed by atoms with van der Waals surface area (Å²) in [5, 5.41) is 0.501. The number of carbonyl (C=O) groups excluding carboxylic acids is 2. The molecule has 49 heavy (non-hydrogen) atoms.